The molecule has 1 aliphatic heterocycles. The van der Waals surface area contributed by atoms with E-state index in [9.17, 15) is 9.59 Å². The number of benzene rings is 2. The molecule has 0 atom stereocenters. The molecule has 1 fully saturated rings. The van der Waals surface area contributed by atoms with Crippen molar-refractivity contribution in [3.63, 3.8) is 0 Å². The van der Waals surface area contributed by atoms with Gasteiger partial charge in [0, 0.05) is 24.2 Å². The number of piperidine rings is 1. The van der Waals surface area contributed by atoms with Gasteiger partial charge in [-0.05, 0) is 74.4 Å². The summed E-state index contributed by atoms with van der Waals surface area (Å²) >= 11 is -0.750. The van der Waals surface area contributed by atoms with Gasteiger partial charge < -0.3 is 16.4 Å². The fourth-order valence-corrected chi connectivity index (χ4v) is 4.04. The summed E-state index contributed by atoms with van der Waals surface area (Å²) < 4.78 is 16.6. The number of guanidine groups is 1. The number of carbonyl (C=O) groups is 2. The van der Waals surface area contributed by atoms with Gasteiger partial charge in [-0.15, -0.1) is 0 Å². The third-order valence-corrected chi connectivity index (χ3v) is 5.56. The van der Waals surface area contributed by atoms with Crippen molar-refractivity contribution in [2.75, 3.05) is 13.1 Å². The Kier molecular flexibility index (Phi) is 8.83. The first-order chi connectivity index (χ1) is 15.2. The predicted octanol–water partition coefficient (Wildman–Crippen LogP) is 2.38. The van der Waals surface area contributed by atoms with Gasteiger partial charge in [-0.25, -0.2) is 0 Å². The van der Waals surface area contributed by atoms with Gasteiger partial charge in [0.1, 0.15) is 0 Å². The Morgan fingerprint density at radius 1 is 1.00 bits per heavy atom. The lowest BCUT2D eigenvalue weighted by Crippen LogP contribution is -2.38. The first kappa shape index (κ1) is 24.9. The molecule has 2 amide bonds. The van der Waals surface area contributed by atoms with E-state index in [4.69, 9.17) is 19.9 Å². The van der Waals surface area contributed by atoms with Crippen LogP contribution in [0.4, 0.5) is 0 Å². The van der Waals surface area contributed by atoms with Crippen molar-refractivity contribution in [2.24, 2.45) is 16.5 Å². The van der Waals surface area contributed by atoms with E-state index in [2.05, 4.69) is 11.1 Å². The number of aliphatic imine (C=N–C) groups is 1. The summed E-state index contributed by atoms with van der Waals surface area (Å²) in [5.41, 5.74) is 16.2. The molecule has 2 aromatic carbocycles. The van der Waals surface area contributed by atoms with Crippen molar-refractivity contribution in [2.45, 2.75) is 39.5 Å². The number of carbonyl (C=O) groups excluding carboxylic acids is 2. The lowest BCUT2D eigenvalue weighted by molar-refractivity contribution is 0.0712. The molecule has 1 saturated heterocycles. The molecule has 3 rings (SSSR count). The molecule has 0 aromatic heterocycles. The minimum absolute atomic E-state index is 0.0956. The van der Waals surface area contributed by atoms with Gasteiger partial charge >= 0.3 is 11.6 Å². The van der Waals surface area contributed by atoms with E-state index < -0.39 is 17.5 Å². The first-order valence-electron chi connectivity index (χ1n) is 10.2. The van der Waals surface area contributed by atoms with Crippen molar-refractivity contribution in [3.05, 3.63) is 69.8 Å². The van der Waals surface area contributed by atoms with Crippen molar-refractivity contribution in [1.82, 2.24) is 4.90 Å². The van der Waals surface area contributed by atoms with Crippen LogP contribution in [-0.4, -0.2) is 44.2 Å². The van der Waals surface area contributed by atoms with E-state index >= 15 is 0 Å². The predicted molar refractivity (Wildman–Crippen MR) is 124 cm³/mol. The van der Waals surface area contributed by atoms with Crippen molar-refractivity contribution < 1.29 is 18.0 Å². The highest BCUT2D eigenvalue weighted by Gasteiger charge is 2.26. The smallest absolute Gasteiger partial charge is 0.335 e. The van der Waals surface area contributed by atoms with Crippen LogP contribution in [0, 0.1) is 20.8 Å². The normalized spacial score (nSPS) is 13.5. The highest BCUT2D eigenvalue weighted by molar-refractivity contribution is 7.51. The second-order valence-corrected chi connectivity index (χ2v) is 8.01. The van der Waals surface area contributed by atoms with Crippen LogP contribution in [0.25, 0.3) is 0 Å². The second-order valence-electron chi connectivity index (χ2n) is 7.87. The van der Waals surface area contributed by atoms with Crippen LogP contribution in [0.2, 0.25) is 0 Å². The summed E-state index contributed by atoms with van der Waals surface area (Å²) in [5, 5.41) is 0. The molecule has 0 aliphatic carbocycles. The molecule has 0 unspecified atom stereocenters. The second kappa shape index (κ2) is 11.3. The van der Waals surface area contributed by atoms with Crippen LogP contribution in [0.5, 0.6) is 0 Å². The van der Waals surface area contributed by atoms with Crippen molar-refractivity contribution in [3.8, 4) is 0 Å². The molecule has 0 bridgehead atoms. The van der Waals surface area contributed by atoms with Crippen LogP contribution >= 0.6 is 0 Å². The number of likely N-dealkylation sites (tertiary alicyclic amines) is 1. The maximum Gasteiger partial charge on any atom is 0.335 e. The summed E-state index contributed by atoms with van der Waals surface area (Å²) in [5.74, 6) is -0.196. The number of nitrogens with zero attached hydrogens (tertiary/aromatic N) is 2. The Morgan fingerprint density at radius 3 is 2.19 bits per heavy atom. The molecule has 0 spiro atoms. The fraction of sp³-hybridized carbons (Fsp3) is 0.348. The van der Waals surface area contributed by atoms with E-state index in [0.717, 1.165) is 48.2 Å². The number of rotatable bonds is 3. The first-order valence-corrected chi connectivity index (χ1v) is 10.9. The summed E-state index contributed by atoms with van der Waals surface area (Å²) in [6, 6.07) is 11.7. The van der Waals surface area contributed by atoms with Gasteiger partial charge in [-0.1, -0.05) is 23.8 Å². The molecule has 170 valence electrons. The molecule has 2 aromatic rings. The molecule has 9 heteroatoms. The molecule has 1 heterocycles. The van der Waals surface area contributed by atoms with E-state index in [1.54, 1.807) is 0 Å². The summed E-state index contributed by atoms with van der Waals surface area (Å²) in [6.07, 6.45) is 1.80. The van der Waals surface area contributed by atoms with Gasteiger partial charge in [-0.3, -0.25) is 9.59 Å². The van der Waals surface area contributed by atoms with E-state index in [0.29, 0.717) is 11.5 Å². The average molecular weight is 457 g/mol. The molecule has 0 radical (unpaired) electrons. The summed E-state index contributed by atoms with van der Waals surface area (Å²) in [6.45, 7) is 7.35. The van der Waals surface area contributed by atoms with Crippen molar-refractivity contribution in [1.29, 1.82) is 0 Å². The highest BCUT2D eigenvalue weighted by atomic mass is 32.1. The fourth-order valence-electron chi connectivity index (χ4n) is 4.04. The number of aryl methyl sites for hydroxylation is 3. The summed E-state index contributed by atoms with van der Waals surface area (Å²) in [4.78, 5) is 30.6. The third kappa shape index (κ3) is 6.34. The molecule has 32 heavy (non-hydrogen) atoms. The largest absolute Gasteiger partial charge is 0.370 e. The van der Waals surface area contributed by atoms with E-state index in [1.165, 1.54) is 5.56 Å². The summed E-state index contributed by atoms with van der Waals surface area (Å²) in [7, 11) is 0. The molecular formula is C23H28N4O4S. The van der Waals surface area contributed by atoms with Crippen molar-refractivity contribution >= 4 is 29.3 Å². The maximum absolute atomic E-state index is 12.8. The third-order valence-electron chi connectivity index (χ3n) is 5.56. The topological polar surface area (TPSA) is 136 Å². The van der Waals surface area contributed by atoms with Crippen LogP contribution < -0.4 is 11.5 Å². The lowest BCUT2D eigenvalue weighted by Gasteiger charge is -2.33. The van der Waals surface area contributed by atoms with Gasteiger partial charge in [-0.2, -0.15) is 13.4 Å². The number of amides is 2. The Morgan fingerprint density at radius 2 is 1.62 bits per heavy atom. The highest BCUT2D eigenvalue weighted by Crippen LogP contribution is 2.32. The molecule has 4 N–H and O–H groups in total. The zero-order valence-electron chi connectivity index (χ0n) is 18.5. The Balaban J connectivity index is 0.00000114. The number of hydrogen-bond acceptors (Lipinski definition) is 4. The number of hydrogen-bond donors (Lipinski definition) is 2. The maximum atomic E-state index is 12.8. The quantitative estimate of drug-likeness (QED) is 0.537. The standard InChI is InChI=1S/C23H28N4O2.O2S/c1-14-5-4-6-18(11-14)22(29)27-9-7-17(8-10-27)19-12-16(3)20(13-15(19)2)21(28)26-23(24)25;1-3-2/h4-6,11-13,17H,7-10H2,1-3H3,(H4,24,25,26,28);. The zero-order valence-corrected chi connectivity index (χ0v) is 19.3. The SMILES string of the molecule is Cc1cccc(C(=O)N2CCC(c3cc(C)c(C(=O)N=C(N)N)cc3C)CC2)c1.O=S=O. The average Bonchev–Trinajstić information content (AvgIpc) is 2.75. The molecule has 8 nitrogen and oxygen atoms in total. The van der Waals surface area contributed by atoms with Crippen LogP contribution in [0.3, 0.4) is 0 Å². The molecule has 1 aliphatic rings. The molecular weight excluding hydrogens is 428 g/mol. The van der Waals surface area contributed by atoms with Gasteiger partial charge in [0.2, 0.25) is 0 Å². The Labute approximate surface area is 191 Å². The van der Waals surface area contributed by atoms with E-state index in [1.807, 2.05) is 56.0 Å². The number of nitrogens with two attached hydrogens (primary N) is 2. The van der Waals surface area contributed by atoms with Crippen LogP contribution in [0.1, 0.15) is 61.7 Å². The van der Waals surface area contributed by atoms with Gasteiger partial charge in [0.25, 0.3) is 11.8 Å². The minimum atomic E-state index is -0.750. The van der Waals surface area contributed by atoms with Gasteiger partial charge in [0.05, 0.1) is 0 Å². The molecule has 0 saturated carbocycles. The van der Waals surface area contributed by atoms with Crippen LogP contribution in [0.15, 0.2) is 41.4 Å². The zero-order chi connectivity index (χ0) is 23.8. The minimum Gasteiger partial charge on any atom is -0.370 e. The monoisotopic (exact) mass is 456 g/mol. The Hall–Kier alpha value is -3.33. The lowest BCUT2D eigenvalue weighted by atomic mass is 9.84. The van der Waals surface area contributed by atoms with Crippen LogP contribution in [-0.2, 0) is 11.6 Å². The Bertz CT molecular complexity index is 1070. The van der Waals surface area contributed by atoms with E-state index in [-0.39, 0.29) is 11.9 Å². The van der Waals surface area contributed by atoms with Gasteiger partial charge in [0.15, 0.2) is 5.96 Å².